The minimum atomic E-state index is -0.593. The quantitative estimate of drug-likeness (QED) is 0.781. The van der Waals surface area contributed by atoms with Crippen LogP contribution in [-0.4, -0.2) is 30.9 Å². The summed E-state index contributed by atoms with van der Waals surface area (Å²) in [5.41, 5.74) is -0.228. The van der Waals surface area contributed by atoms with Gasteiger partial charge in [0.05, 0.1) is 19.3 Å². The average molecular weight is 265 g/mol. The van der Waals surface area contributed by atoms with Crippen molar-refractivity contribution in [1.82, 2.24) is 4.57 Å². The van der Waals surface area contributed by atoms with Gasteiger partial charge in [0.25, 0.3) is 5.56 Å². The Morgan fingerprint density at radius 2 is 2.05 bits per heavy atom. The molecule has 0 amide bonds. The first-order valence-corrected chi connectivity index (χ1v) is 6.51. The van der Waals surface area contributed by atoms with Crippen molar-refractivity contribution < 1.29 is 14.3 Å². The molecule has 1 fully saturated rings. The average Bonchev–Trinajstić information content (AvgIpc) is 2.46. The highest BCUT2D eigenvalue weighted by molar-refractivity contribution is 5.88. The van der Waals surface area contributed by atoms with E-state index in [-0.39, 0.29) is 23.3 Å². The van der Waals surface area contributed by atoms with Crippen molar-refractivity contribution in [3.05, 3.63) is 34.2 Å². The third-order valence-corrected chi connectivity index (χ3v) is 3.71. The van der Waals surface area contributed by atoms with Crippen molar-refractivity contribution in [2.75, 3.05) is 14.2 Å². The fourth-order valence-electron chi connectivity index (χ4n) is 2.71. The topological polar surface area (TPSA) is 57.5 Å². The zero-order valence-electron chi connectivity index (χ0n) is 11.3. The maximum absolute atomic E-state index is 12.3. The Bertz CT molecular complexity index is 508. The number of hydrogen-bond donors (Lipinski definition) is 0. The molecule has 0 aromatic carbocycles. The molecule has 5 heteroatoms. The smallest absolute Gasteiger partial charge is 0.343 e. The van der Waals surface area contributed by atoms with Crippen LogP contribution in [0.15, 0.2) is 23.1 Å². The van der Waals surface area contributed by atoms with Gasteiger partial charge in [0.15, 0.2) is 0 Å². The third-order valence-electron chi connectivity index (χ3n) is 3.71. The summed E-state index contributed by atoms with van der Waals surface area (Å²) >= 11 is 0. The van der Waals surface area contributed by atoms with E-state index in [2.05, 4.69) is 4.74 Å². The van der Waals surface area contributed by atoms with Crippen LogP contribution in [0.5, 0.6) is 0 Å². The molecule has 2 atom stereocenters. The van der Waals surface area contributed by atoms with E-state index in [1.54, 1.807) is 23.9 Å². The molecule has 1 aliphatic carbocycles. The molecule has 2 unspecified atom stereocenters. The summed E-state index contributed by atoms with van der Waals surface area (Å²) in [5.74, 6) is -0.593. The summed E-state index contributed by atoms with van der Waals surface area (Å²) in [6.07, 6.45) is 5.76. The molecule has 0 N–H and O–H groups in total. The van der Waals surface area contributed by atoms with Gasteiger partial charge in [-0.1, -0.05) is 12.8 Å². The predicted molar refractivity (Wildman–Crippen MR) is 70.3 cm³/mol. The van der Waals surface area contributed by atoms with Crippen LogP contribution in [-0.2, 0) is 9.47 Å². The Balaban J connectivity index is 2.39. The van der Waals surface area contributed by atoms with Crippen LogP contribution in [0, 0.1) is 0 Å². The van der Waals surface area contributed by atoms with Gasteiger partial charge in [0.1, 0.15) is 5.56 Å². The van der Waals surface area contributed by atoms with E-state index < -0.39 is 5.97 Å². The van der Waals surface area contributed by atoms with Gasteiger partial charge in [-0.15, -0.1) is 0 Å². The summed E-state index contributed by atoms with van der Waals surface area (Å²) in [6, 6.07) is 3.19. The molecule has 104 valence electrons. The van der Waals surface area contributed by atoms with E-state index in [1.165, 1.54) is 13.2 Å². The molecule has 2 rings (SSSR count). The molecule has 19 heavy (non-hydrogen) atoms. The first-order chi connectivity index (χ1) is 9.19. The van der Waals surface area contributed by atoms with Gasteiger partial charge in [-0.3, -0.25) is 4.79 Å². The lowest BCUT2D eigenvalue weighted by Gasteiger charge is -2.31. The van der Waals surface area contributed by atoms with Crippen LogP contribution in [0.2, 0.25) is 0 Å². The van der Waals surface area contributed by atoms with Gasteiger partial charge in [0, 0.05) is 13.3 Å². The monoisotopic (exact) mass is 265 g/mol. The Morgan fingerprint density at radius 3 is 2.74 bits per heavy atom. The van der Waals surface area contributed by atoms with Gasteiger partial charge in [-0.05, 0) is 25.0 Å². The second-order valence-electron chi connectivity index (χ2n) is 4.75. The van der Waals surface area contributed by atoms with Crippen LogP contribution in [0.1, 0.15) is 42.1 Å². The van der Waals surface area contributed by atoms with Crippen LogP contribution >= 0.6 is 0 Å². The fraction of sp³-hybridized carbons (Fsp3) is 0.571. The maximum atomic E-state index is 12.3. The molecular weight excluding hydrogens is 246 g/mol. The fourth-order valence-corrected chi connectivity index (χ4v) is 2.71. The number of ether oxygens (including phenoxy) is 2. The Hall–Kier alpha value is -1.62. The molecule has 0 spiro atoms. The zero-order valence-corrected chi connectivity index (χ0v) is 11.3. The van der Waals surface area contributed by atoms with Crippen molar-refractivity contribution in [3.8, 4) is 0 Å². The molecule has 1 aromatic rings. The highest BCUT2D eigenvalue weighted by atomic mass is 16.5. The van der Waals surface area contributed by atoms with Gasteiger partial charge in [-0.2, -0.15) is 0 Å². The lowest BCUT2D eigenvalue weighted by atomic mass is 9.92. The van der Waals surface area contributed by atoms with Crippen LogP contribution in [0.25, 0.3) is 0 Å². The Labute approximate surface area is 112 Å². The highest BCUT2D eigenvalue weighted by Crippen LogP contribution is 2.29. The summed E-state index contributed by atoms with van der Waals surface area (Å²) in [4.78, 5) is 23.9. The van der Waals surface area contributed by atoms with Crippen LogP contribution in [0.4, 0.5) is 0 Å². The number of nitrogens with zero attached hydrogens (tertiary/aromatic N) is 1. The molecule has 0 radical (unpaired) electrons. The molecule has 1 aromatic heterocycles. The van der Waals surface area contributed by atoms with E-state index in [9.17, 15) is 9.59 Å². The van der Waals surface area contributed by atoms with Crippen LogP contribution < -0.4 is 5.56 Å². The molecular formula is C14H19NO4. The van der Waals surface area contributed by atoms with Gasteiger partial charge >= 0.3 is 5.97 Å². The molecule has 0 aliphatic heterocycles. The van der Waals surface area contributed by atoms with E-state index in [0.717, 1.165) is 25.7 Å². The molecule has 0 saturated heterocycles. The van der Waals surface area contributed by atoms with Gasteiger partial charge in [0.2, 0.25) is 0 Å². The normalized spacial score (nSPS) is 23.1. The number of aromatic nitrogens is 1. The minimum Gasteiger partial charge on any atom is -0.465 e. The number of pyridine rings is 1. The number of hydrogen-bond acceptors (Lipinski definition) is 4. The second-order valence-corrected chi connectivity index (χ2v) is 4.75. The van der Waals surface area contributed by atoms with Crippen molar-refractivity contribution in [1.29, 1.82) is 0 Å². The van der Waals surface area contributed by atoms with Gasteiger partial charge in [-0.25, -0.2) is 4.79 Å². The summed E-state index contributed by atoms with van der Waals surface area (Å²) < 4.78 is 11.7. The lowest BCUT2D eigenvalue weighted by Crippen LogP contribution is -2.37. The number of methoxy groups -OCH3 is 2. The number of rotatable bonds is 3. The van der Waals surface area contributed by atoms with Crippen molar-refractivity contribution in [2.24, 2.45) is 0 Å². The first-order valence-electron chi connectivity index (χ1n) is 6.51. The predicted octanol–water partition coefficient (Wildman–Crippen LogP) is 1.76. The van der Waals surface area contributed by atoms with Crippen molar-refractivity contribution in [2.45, 2.75) is 37.8 Å². The third kappa shape index (κ3) is 2.71. The number of esters is 1. The Morgan fingerprint density at radius 1 is 1.32 bits per heavy atom. The maximum Gasteiger partial charge on any atom is 0.343 e. The summed E-state index contributed by atoms with van der Waals surface area (Å²) in [6.45, 7) is 0. The largest absolute Gasteiger partial charge is 0.465 e. The van der Waals surface area contributed by atoms with E-state index in [4.69, 9.17) is 4.74 Å². The molecule has 5 nitrogen and oxygen atoms in total. The van der Waals surface area contributed by atoms with Crippen LogP contribution in [0.3, 0.4) is 0 Å². The number of carbonyl (C=O) groups excluding carboxylic acids is 1. The summed E-state index contributed by atoms with van der Waals surface area (Å²) in [7, 11) is 2.94. The van der Waals surface area contributed by atoms with Crippen molar-refractivity contribution >= 4 is 5.97 Å². The first kappa shape index (κ1) is 13.8. The Kier molecular flexibility index (Phi) is 4.37. The standard InChI is InChI=1S/C14H19NO4/c1-18-12-8-4-3-7-11(12)15-9-5-6-10(13(15)16)14(17)19-2/h5-6,9,11-12H,3-4,7-8H2,1-2H3. The molecule has 1 heterocycles. The molecule has 1 saturated carbocycles. The minimum absolute atomic E-state index is 0.00384. The molecule has 0 bridgehead atoms. The second kappa shape index (κ2) is 6.02. The van der Waals surface area contributed by atoms with Crippen molar-refractivity contribution in [3.63, 3.8) is 0 Å². The lowest BCUT2D eigenvalue weighted by molar-refractivity contribution is 0.0274. The van der Waals surface area contributed by atoms with E-state index in [0.29, 0.717) is 0 Å². The zero-order chi connectivity index (χ0) is 13.8. The number of carbonyl (C=O) groups is 1. The summed E-state index contributed by atoms with van der Waals surface area (Å²) in [5, 5.41) is 0. The van der Waals surface area contributed by atoms with Gasteiger partial charge < -0.3 is 14.0 Å². The highest BCUT2D eigenvalue weighted by Gasteiger charge is 2.28. The SMILES string of the molecule is COC(=O)c1cccn(C2CCCCC2OC)c1=O. The van der Waals surface area contributed by atoms with E-state index in [1.807, 2.05) is 0 Å². The van der Waals surface area contributed by atoms with E-state index >= 15 is 0 Å². The molecule has 1 aliphatic rings.